The fourth-order valence-electron chi connectivity index (χ4n) is 5.44. The zero-order chi connectivity index (χ0) is 27.0. The number of hydrogen-bond donors (Lipinski definition) is 1. The second-order valence-corrected chi connectivity index (χ2v) is 10.5. The Morgan fingerprint density at radius 1 is 0.921 bits per heavy atom. The Morgan fingerprint density at radius 3 is 2.26 bits per heavy atom. The van der Waals surface area contributed by atoms with Gasteiger partial charge >= 0.3 is 6.18 Å². The zero-order valence-corrected chi connectivity index (χ0v) is 22.0. The van der Waals surface area contributed by atoms with Crippen molar-refractivity contribution in [2.75, 3.05) is 5.32 Å². The van der Waals surface area contributed by atoms with Gasteiger partial charge in [-0.3, -0.25) is 14.6 Å². The minimum Gasteiger partial charge on any atom is -0.325 e. The van der Waals surface area contributed by atoms with Gasteiger partial charge in [0.2, 0.25) is 5.91 Å². The van der Waals surface area contributed by atoms with E-state index < -0.39 is 29.5 Å². The number of amides is 1. The van der Waals surface area contributed by atoms with Gasteiger partial charge in [-0.2, -0.15) is 13.2 Å². The van der Waals surface area contributed by atoms with Gasteiger partial charge in [-0.15, -0.1) is 0 Å². The number of anilines is 1. The summed E-state index contributed by atoms with van der Waals surface area (Å²) in [5.41, 5.74) is 2.08. The van der Waals surface area contributed by atoms with Gasteiger partial charge in [0.05, 0.1) is 17.2 Å². The van der Waals surface area contributed by atoms with Crippen molar-refractivity contribution in [1.29, 1.82) is 0 Å². The summed E-state index contributed by atoms with van der Waals surface area (Å²) in [7, 11) is 0. The highest BCUT2D eigenvalue weighted by molar-refractivity contribution is 9.10. The van der Waals surface area contributed by atoms with Crippen molar-refractivity contribution in [3.63, 3.8) is 0 Å². The Hall–Kier alpha value is -3.52. The quantitative estimate of drug-likeness (QED) is 0.344. The molecule has 0 radical (unpaired) electrons. The number of benzene rings is 3. The molecular formula is C30H24BrF3N2O2. The molecular weight excluding hydrogens is 557 g/mol. The van der Waals surface area contributed by atoms with E-state index in [1.807, 2.05) is 54.6 Å². The molecule has 0 saturated carbocycles. The van der Waals surface area contributed by atoms with Crippen molar-refractivity contribution < 1.29 is 22.8 Å². The summed E-state index contributed by atoms with van der Waals surface area (Å²) >= 11 is 3.42. The number of carbonyl (C=O) groups is 2. The van der Waals surface area contributed by atoms with Crippen LogP contribution in [-0.4, -0.2) is 17.4 Å². The molecule has 1 amide bonds. The van der Waals surface area contributed by atoms with Gasteiger partial charge in [0.15, 0.2) is 5.78 Å². The van der Waals surface area contributed by atoms with Crippen LogP contribution >= 0.6 is 15.9 Å². The first kappa shape index (κ1) is 26.1. The number of nitrogens with one attached hydrogen (secondary N) is 1. The first-order valence-corrected chi connectivity index (χ1v) is 13.0. The molecule has 0 spiro atoms. The third-order valence-corrected chi connectivity index (χ3v) is 7.69. The number of alkyl halides is 3. The Morgan fingerprint density at radius 2 is 1.58 bits per heavy atom. The van der Waals surface area contributed by atoms with E-state index in [1.54, 1.807) is 6.92 Å². The molecule has 1 heterocycles. The average Bonchev–Trinajstić information content (AvgIpc) is 2.88. The summed E-state index contributed by atoms with van der Waals surface area (Å²) in [5, 5.41) is 2.49. The van der Waals surface area contributed by atoms with E-state index in [2.05, 4.69) is 21.2 Å². The predicted molar refractivity (Wildman–Crippen MR) is 144 cm³/mol. The average molecular weight is 581 g/mol. The lowest BCUT2D eigenvalue weighted by Crippen LogP contribution is -2.40. The number of hydrogen-bond acceptors (Lipinski definition) is 3. The van der Waals surface area contributed by atoms with Crippen LogP contribution in [0, 0.1) is 5.92 Å². The molecule has 5 rings (SSSR count). The maximum atomic E-state index is 13.7. The second kappa shape index (κ2) is 10.3. The van der Waals surface area contributed by atoms with Crippen molar-refractivity contribution >= 4 is 39.0 Å². The fraction of sp³-hybridized carbons (Fsp3) is 0.233. The second-order valence-electron chi connectivity index (χ2n) is 9.59. The SMILES string of the molecule is CC1=NC2=C(C(=O)C[C@H](c3ccccc3)C2)[C@H](c2ccc(Br)cc2)C1C(=O)Nc1ccccc1C(F)(F)F. The molecule has 0 saturated heterocycles. The summed E-state index contributed by atoms with van der Waals surface area (Å²) in [6, 6.07) is 22.0. The fourth-order valence-corrected chi connectivity index (χ4v) is 5.70. The van der Waals surface area contributed by atoms with Crippen molar-refractivity contribution in [1.82, 2.24) is 0 Å². The van der Waals surface area contributed by atoms with Gasteiger partial charge in [-0.25, -0.2) is 0 Å². The van der Waals surface area contributed by atoms with Gasteiger partial charge in [-0.05, 0) is 54.7 Å². The van der Waals surface area contributed by atoms with Gasteiger partial charge in [-0.1, -0.05) is 70.5 Å². The summed E-state index contributed by atoms with van der Waals surface area (Å²) in [6.07, 6.45) is -3.82. The number of ketones is 1. The molecule has 2 aliphatic rings. The standard InChI is InChI=1S/C30H24BrF3N2O2/c1-17-26(29(38)36-23-10-6-5-9-22(23)30(32,33)34)27(19-11-13-21(31)14-12-19)28-24(35-17)15-20(16-25(28)37)18-7-3-2-4-8-18/h2-14,20,26-27H,15-16H2,1H3,(H,36,38)/t20-,26?,27-/m1/s1. The third-order valence-electron chi connectivity index (χ3n) is 7.16. The number of aliphatic imine (C=N–C) groups is 1. The van der Waals surface area contributed by atoms with E-state index in [9.17, 15) is 22.8 Å². The van der Waals surface area contributed by atoms with Gasteiger partial charge in [0, 0.05) is 33.8 Å². The van der Waals surface area contributed by atoms with Crippen molar-refractivity contribution in [3.05, 3.63) is 111 Å². The van der Waals surface area contributed by atoms with E-state index in [1.165, 1.54) is 18.2 Å². The first-order valence-electron chi connectivity index (χ1n) is 12.2. The molecule has 1 aliphatic carbocycles. The minimum absolute atomic E-state index is 0.0337. The number of nitrogens with zero attached hydrogens (tertiary/aromatic N) is 1. The highest BCUT2D eigenvalue weighted by Crippen LogP contribution is 2.47. The molecule has 3 aromatic carbocycles. The lowest BCUT2D eigenvalue weighted by Gasteiger charge is -2.37. The number of allylic oxidation sites excluding steroid dienone is 2. The van der Waals surface area contributed by atoms with Crippen LogP contribution in [0.25, 0.3) is 0 Å². The summed E-state index contributed by atoms with van der Waals surface area (Å²) in [6.45, 7) is 1.70. The minimum atomic E-state index is -4.63. The normalized spacial score (nSPS) is 21.6. The molecule has 0 bridgehead atoms. The highest BCUT2D eigenvalue weighted by Gasteiger charge is 2.44. The van der Waals surface area contributed by atoms with E-state index in [-0.39, 0.29) is 23.8 Å². The van der Waals surface area contributed by atoms with E-state index >= 15 is 0 Å². The molecule has 1 unspecified atom stereocenters. The molecule has 194 valence electrons. The topological polar surface area (TPSA) is 58.5 Å². The van der Waals surface area contributed by atoms with Gasteiger partial charge in [0.25, 0.3) is 0 Å². The summed E-state index contributed by atoms with van der Waals surface area (Å²) in [5.74, 6) is -2.39. The van der Waals surface area contributed by atoms with E-state index in [0.29, 0.717) is 23.4 Å². The number of para-hydroxylation sites is 1. The van der Waals surface area contributed by atoms with Gasteiger partial charge < -0.3 is 5.32 Å². The molecule has 38 heavy (non-hydrogen) atoms. The number of rotatable bonds is 4. The monoisotopic (exact) mass is 580 g/mol. The number of halogens is 4. The Balaban J connectivity index is 1.56. The lowest BCUT2D eigenvalue weighted by molar-refractivity contribution is -0.137. The maximum Gasteiger partial charge on any atom is 0.418 e. The predicted octanol–water partition coefficient (Wildman–Crippen LogP) is 7.68. The number of carbonyl (C=O) groups excluding carboxylic acids is 2. The molecule has 3 atom stereocenters. The van der Waals surface area contributed by atoms with Crippen LogP contribution < -0.4 is 5.32 Å². The van der Waals surface area contributed by atoms with E-state index in [4.69, 9.17) is 4.99 Å². The van der Waals surface area contributed by atoms with Crippen LogP contribution in [0.4, 0.5) is 18.9 Å². The van der Waals surface area contributed by atoms with Crippen LogP contribution in [0.3, 0.4) is 0 Å². The summed E-state index contributed by atoms with van der Waals surface area (Å²) in [4.78, 5) is 32.1. The molecule has 0 fully saturated rings. The highest BCUT2D eigenvalue weighted by atomic mass is 79.9. The Labute approximate surface area is 226 Å². The Kier molecular flexibility index (Phi) is 7.09. The van der Waals surface area contributed by atoms with Crippen molar-refractivity contribution in [2.24, 2.45) is 10.9 Å². The molecule has 8 heteroatoms. The molecule has 4 nitrogen and oxygen atoms in total. The van der Waals surface area contributed by atoms with Crippen LogP contribution in [0.5, 0.6) is 0 Å². The largest absolute Gasteiger partial charge is 0.418 e. The van der Waals surface area contributed by atoms with Crippen molar-refractivity contribution in [2.45, 2.75) is 37.8 Å². The third kappa shape index (κ3) is 5.10. The van der Waals surface area contributed by atoms with Crippen LogP contribution in [0.2, 0.25) is 0 Å². The first-order chi connectivity index (χ1) is 18.1. The van der Waals surface area contributed by atoms with Crippen LogP contribution in [0.1, 0.15) is 48.3 Å². The smallest absolute Gasteiger partial charge is 0.325 e. The molecule has 1 N–H and O–H groups in total. The Bertz CT molecular complexity index is 1450. The molecule has 0 aromatic heterocycles. The van der Waals surface area contributed by atoms with Crippen molar-refractivity contribution in [3.8, 4) is 0 Å². The van der Waals surface area contributed by atoms with Crippen LogP contribution in [0.15, 0.2) is 99.6 Å². The molecule has 3 aromatic rings. The van der Waals surface area contributed by atoms with Crippen LogP contribution in [-0.2, 0) is 15.8 Å². The summed E-state index contributed by atoms with van der Waals surface area (Å²) < 4.78 is 41.7. The number of Topliss-reactive ketones (excluding diaryl/α,β-unsaturated/α-hetero) is 1. The van der Waals surface area contributed by atoms with E-state index in [0.717, 1.165) is 21.7 Å². The molecule has 1 aliphatic heterocycles. The zero-order valence-electron chi connectivity index (χ0n) is 20.4. The maximum absolute atomic E-state index is 13.7. The van der Waals surface area contributed by atoms with Gasteiger partial charge in [0.1, 0.15) is 0 Å². The lowest BCUT2D eigenvalue weighted by atomic mass is 9.69.